The molecule has 1 saturated heterocycles. The maximum Gasteiger partial charge on any atom is 0.271 e. The number of halogens is 2. The molecule has 0 aromatic carbocycles. The lowest BCUT2D eigenvalue weighted by molar-refractivity contribution is 0.0939. The number of nitrogens with zero attached hydrogens (tertiary/aromatic N) is 2. The second kappa shape index (κ2) is 9.08. The molecule has 1 fully saturated rings. The molecule has 0 bridgehead atoms. The summed E-state index contributed by atoms with van der Waals surface area (Å²) in [6.07, 6.45) is 6.92. The summed E-state index contributed by atoms with van der Waals surface area (Å²) in [5.41, 5.74) is 0.381. The predicted octanol–water partition coefficient (Wildman–Crippen LogP) is 1.05. The van der Waals surface area contributed by atoms with Crippen LogP contribution in [0.1, 0.15) is 23.3 Å². The first-order chi connectivity index (χ1) is 7.86. The van der Waals surface area contributed by atoms with Crippen molar-refractivity contribution < 1.29 is 4.79 Å². The van der Waals surface area contributed by atoms with E-state index >= 15 is 0 Å². The zero-order chi connectivity index (χ0) is 11.2. The van der Waals surface area contributed by atoms with E-state index in [-0.39, 0.29) is 30.7 Å². The van der Waals surface area contributed by atoms with Crippen molar-refractivity contribution in [2.45, 2.75) is 12.8 Å². The average Bonchev–Trinajstić information content (AvgIpc) is 2.38. The van der Waals surface area contributed by atoms with Gasteiger partial charge in [0, 0.05) is 18.9 Å². The van der Waals surface area contributed by atoms with Gasteiger partial charge >= 0.3 is 0 Å². The second-order valence-electron chi connectivity index (χ2n) is 4.01. The first-order valence-electron chi connectivity index (χ1n) is 5.61. The fraction of sp³-hybridized carbons (Fsp3) is 0.545. The van der Waals surface area contributed by atoms with Crippen LogP contribution >= 0.6 is 24.8 Å². The Morgan fingerprint density at radius 2 is 2.28 bits per heavy atom. The molecule has 2 N–H and O–H groups in total. The van der Waals surface area contributed by atoms with Gasteiger partial charge in [-0.15, -0.1) is 24.8 Å². The molecule has 0 aliphatic carbocycles. The van der Waals surface area contributed by atoms with Crippen LogP contribution in [0.25, 0.3) is 0 Å². The number of piperidine rings is 1. The lowest BCUT2D eigenvalue weighted by atomic mass is 10.00. The zero-order valence-corrected chi connectivity index (χ0v) is 11.6. The molecular formula is C11H18Cl2N4O. The maximum absolute atomic E-state index is 11.7. The molecule has 2 heterocycles. The Hall–Kier alpha value is -0.910. The molecule has 1 atom stereocenters. The van der Waals surface area contributed by atoms with Crippen LogP contribution in [0.3, 0.4) is 0 Å². The van der Waals surface area contributed by atoms with Crippen LogP contribution in [0.4, 0.5) is 0 Å². The number of nitrogens with one attached hydrogen (secondary N) is 2. The van der Waals surface area contributed by atoms with Gasteiger partial charge in [0.25, 0.3) is 5.91 Å². The van der Waals surface area contributed by atoms with E-state index in [0.29, 0.717) is 18.2 Å². The molecule has 7 heteroatoms. The molecular weight excluding hydrogens is 275 g/mol. The minimum Gasteiger partial charge on any atom is -0.350 e. The monoisotopic (exact) mass is 292 g/mol. The largest absolute Gasteiger partial charge is 0.350 e. The van der Waals surface area contributed by atoms with E-state index in [4.69, 9.17) is 0 Å². The standard InChI is InChI=1S/C11H16N4O.2ClH/c16-11(10-8-13-4-5-14-10)15-7-9-2-1-3-12-6-9;;/h4-5,8-9,12H,1-3,6-7H2,(H,15,16);2*1H. The highest BCUT2D eigenvalue weighted by Gasteiger charge is 2.14. The van der Waals surface area contributed by atoms with Crippen LogP contribution in [-0.4, -0.2) is 35.5 Å². The quantitative estimate of drug-likeness (QED) is 0.874. The number of aromatic nitrogens is 2. The normalized spacial score (nSPS) is 18.1. The summed E-state index contributed by atoms with van der Waals surface area (Å²) >= 11 is 0. The summed E-state index contributed by atoms with van der Waals surface area (Å²) in [7, 11) is 0. The molecule has 5 nitrogen and oxygen atoms in total. The lowest BCUT2D eigenvalue weighted by Crippen LogP contribution is -2.38. The SMILES string of the molecule is Cl.Cl.O=C(NCC1CCCNC1)c1cnccn1. The molecule has 2 rings (SSSR count). The van der Waals surface area contributed by atoms with Crippen LogP contribution in [0.5, 0.6) is 0 Å². The Kier molecular flexibility index (Phi) is 8.62. The summed E-state index contributed by atoms with van der Waals surface area (Å²) in [5.74, 6) is 0.396. The van der Waals surface area contributed by atoms with E-state index in [0.717, 1.165) is 13.1 Å². The minimum absolute atomic E-state index is 0. The fourth-order valence-corrected chi connectivity index (χ4v) is 1.84. The molecule has 1 unspecified atom stereocenters. The number of hydrogen-bond acceptors (Lipinski definition) is 4. The molecule has 18 heavy (non-hydrogen) atoms. The summed E-state index contributed by atoms with van der Waals surface area (Å²) < 4.78 is 0. The van der Waals surface area contributed by atoms with Crippen LogP contribution in [-0.2, 0) is 0 Å². The van der Waals surface area contributed by atoms with Gasteiger partial charge in [-0.3, -0.25) is 9.78 Å². The highest BCUT2D eigenvalue weighted by atomic mass is 35.5. The molecule has 102 valence electrons. The Bertz CT molecular complexity index is 344. The summed E-state index contributed by atoms with van der Waals surface area (Å²) in [4.78, 5) is 19.5. The molecule has 1 aromatic heterocycles. The van der Waals surface area contributed by atoms with Gasteiger partial charge in [-0.1, -0.05) is 0 Å². The van der Waals surface area contributed by atoms with Crippen LogP contribution in [0.15, 0.2) is 18.6 Å². The van der Waals surface area contributed by atoms with Crippen LogP contribution in [0.2, 0.25) is 0 Å². The van der Waals surface area contributed by atoms with Crippen molar-refractivity contribution in [3.63, 3.8) is 0 Å². The first kappa shape index (κ1) is 17.1. The van der Waals surface area contributed by atoms with Crippen molar-refractivity contribution in [3.05, 3.63) is 24.3 Å². The number of rotatable bonds is 3. The van der Waals surface area contributed by atoms with Gasteiger partial charge in [0.1, 0.15) is 5.69 Å². The van der Waals surface area contributed by atoms with Crippen LogP contribution in [0, 0.1) is 5.92 Å². The van der Waals surface area contributed by atoms with Gasteiger partial charge in [-0.25, -0.2) is 4.98 Å². The molecule has 1 aliphatic rings. The second-order valence-corrected chi connectivity index (χ2v) is 4.01. The predicted molar refractivity (Wildman–Crippen MR) is 74.5 cm³/mol. The van der Waals surface area contributed by atoms with Gasteiger partial charge in [0.05, 0.1) is 6.20 Å². The van der Waals surface area contributed by atoms with Crippen molar-refractivity contribution in [1.82, 2.24) is 20.6 Å². The molecule has 0 saturated carbocycles. The Labute approximate surface area is 119 Å². The Balaban J connectivity index is 0.00000144. The maximum atomic E-state index is 11.7. The smallest absolute Gasteiger partial charge is 0.271 e. The zero-order valence-electron chi connectivity index (χ0n) is 9.96. The highest BCUT2D eigenvalue weighted by Crippen LogP contribution is 2.08. The Morgan fingerprint density at radius 3 is 2.89 bits per heavy atom. The average molecular weight is 293 g/mol. The summed E-state index contributed by atoms with van der Waals surface area (Å²) in [6.45, 7) is 2.79. The number of amides is 1. The van der Waals surface area contributed by atoms with Gasteiger partial charge in [0.2, 0.25) is 0 Å². The van der Waals surface area contributed by atoms with Gasteiger partial charge in [-0.2, -0.15) is 0 Å². The summed E-state index contributed by atoms with van der Waals surface area (Å²) in [6, 6.07) is 0. The third-order valence-electron chi connectivity index (χ3n) is 2.75. The molecule has 0 spiro atoms. The van der Waals surface area contributed by atoms with Crippen molar-refractivity contribution in [1.29, 1.82) is 0 Å². The third-order valence-corrected chi connectivity index (χ3v) is 2.75. The van der Waals surface area contributed by atoms with Crippen molar-refractivity contribution in [3.8, 4) is 0 Å². The third kappa shape index (κ3) is 5.16. The number of carbonyl (C=O) groups excluding carboxylic acids is 1. The van der Waals surface area contributed by atoms with E-state index in [9.17, 15) is 4.79 Å². The highest BCUT2D eigenvalue weighted by molar-refractivity contribution is 5.91. The van der Waals surface area contributed by atoms with E-state index in [1.807, 2.05) is 0 Å². The van der Waals surface area contributed by atoms with Gasteiger partial charge in [0.15, 0.2) is 0 Å². The lowest BCUT2D eigenvalue weighted by Gasteiger charge is -2.22. The van der Waals surface area contributed by atoms with Gasteiger partial charge in [-0.05, 0) is 31.8 Å². The number of hydrogen-bond donors (Lipinski definition) is 2. The van der Waals surface area contributed by atoms with Crippen molar-refractivity contribution >= 4 is 30.7 Å². The van der Waals surface area contributed by atoms with E-state index in [2.05, 4.69) is 20.6 Å². The van der Waals surface area contributed by atoms with Crippen LogP contribution < -0.4 is 10.6 Å². The van der Waals surface area contributed by atoms with Gasteiger partial charge < -0.3 is 10.6 Å². The Morgan fingerprint density at radius 1 is 1.44 bits per heavy atom. The minimum atomic E-state index is -0.140. The van der Waals surface area contributed by atoms with E-state index in [1.165, 1.54) is 25.2 Å². The molecule has 1 aliphatic heterocycles. The fourth-order valence-electron chi connectivity index (χ4n) is 1.84. The van der Waals surface area contributed by atoms with Crippen molar-refractivity contribution in [2.24, 2.45) is 5.92 Å². The first-order valence-corrected chi connectivity index (χ1v) is 5.61. The molecule has 1 aromatic rings. The summed E-state index contributed by atoms with van der Waals surface area (Å²) in [5, 5.41) is 6.21. The topological polar surface area (TPSA) is 66.9 Å². The van der Waals surface area contributed by atoms with Crippen molar-refractivity contribution in [2.75, 3.05) is 19.6 Å². The number of carbonyl (C=O) groups is 1. The molecule has 1 amide bonds. The van der Waals surface area contributed by atoms with E-state index < -0.39 is 0 Å². The van der Waals surface area contributed by atoms with E-state index in [1.54, 1.807) is 6.20 Å². The molecule has 0 radical (unpaired) electrons.